The van der Waals surface area contributed by atoms with Gasteiger partial charge in [0.1, 0.15) is 0 Å². The molecule has 0 aromatic carbocycles. The molecule has 3 N–H and O–H groups in total. The fourth-order valence-electron chi connectivity index (χ4n) is 1.10. The van der Waals surface area contributed by atoms with Gasteiger partial charge in [0, 0.05) is 19.3 Å². The van der Waals surface area contributed by atoms with Gasteiger partial charge in [-0.1, -0.05) is 13.0 Å². The molecule has 0 saturated heterocycles. The van der Waals surface area contributed by atoms with E-state index in [1.807, 2.05) is 6.08 Å². The highest BCUT2D eigenvalue weighted by atomic mass is 16.5. The third-order valence-corrected chi connectivity index (χ3v) is 1.91. The van der Waals surface area contributed by atoms with Gasteiger partial charge in [-0.15, -0.1) is 6.58 Å². The lowest BCUT2D eigenvalue weighted by molar-refractivity contribution is 0.123. The molecule has 0 aliphatic carbocycles. The zero-order chi connectivity index (χ0) is 9.94. The summed E-state index contributed by atoms with van der Waals surface area (Å²) >= 11 is 0. The molecule has 13 heavy (non-hydrogen) atoms. The van der Waals surface area contributed by atoms with Gasteiger partial charge in [0.15, 0.2) is 0 Å². The van der Waals surface area contributed by atoms with Crippen molar-refractivity contribution in [3.8, 4) is 0 Å². The van der Waals surface area contributed by atoms with Gasteiger partial charge in [-0.25, -0.2) is 0 Å². The fourth-order valence-corrected chi connectivity index (χ4v) is 1.10. The monoisotopic (exact) mass is 186 g/mol. The lowest BCUT2D eigenvalue weighted by atomic mass is 10.1. The lowest BCUT2D eigenvalue weighted by Crippen LogP contribution is -2.35. The van der Waals surface area contributed by atoms with E-state index in [4.69, 9.17) is 10.6 Å². The maximum Gasteiger partial charge on any atom is 0.0481 e. The number of nitrogens with two attached hydrogens (primary N) is 1. The van der Waals surface area contributed by atoms with Gasteiger partial charge in [-0.2, -0.15) is 0 Å². The van der Waals surface area contributed by atoms with Crippen LogP contribution in [0.15, 0.2) is 12.7 Å². The summed E-state index contributed by atoms with van der Waals surface area (Å²) in [5, 5.41) is 0. The Balaban J connectivity index is 3.30. The summed E-state index contributed by atoms with van der Waals surface area (Å²) in [7, 11) is 0. The Bertz CT molecular complexity index is 117. The highest BCUT2D eigenvalue weighted by molar-refractivity contribution is 4.72. The second kappa shape index (κ2) is 9.71. The molecule has 0 aliphatic heterocycles. The van der Waals surface area contributed by atoms with Crippen LogP contribution >= 0.6 is 0 Å². The van der Waals surface area contributed by atoms with E-state index in [1.54, 1.807) is 0 Å². The smallest absolute Gasteiger partial charge is 0.0481 e. The molecule has 0 fully saturated rings. The van der Waals surface area contributed by atoms with E-state index in [2.05, 4.69) is 18.9 Å². The molecule has 0 aromatic heterocycles. The van der Waals surface area contributed by atoms with Crippen LogP contribution in [0.1, 0.15) is 32.6 Å². The average molecular weight is 186 g/mol. The third kappa shape index (κ3) is 7.96. The van der Waals surface area contributed by atoms with Gasteiger partial charge in [0.25, 0.3) is 0 Å². The summed E-state index contributed by atoms with van der Waals surface area (Å²) in [6.07, 6.45) is 6.01. The van der Waals surface area contributed by atoms with Crippen molar-refractivity contribution in [1.29, 1.82) is 0 Å². The van der Waals surface area contributed by atoms with Crippen molar-refractivity contribution in [1.82, 2.24) is 5.43 Å². The summed E-state index contributed by atoms with van der Waals surface area (Å²) in [5.74, 6) is 5.39. The zero-order valence-corrected chi connectivity index (χ0v) is 8.59. The highest BCUT2D eigenvalue weighted by Crippen LogP contribution is 2.01. The van der Waals surface area contributed by atoms with E-state index in [0.717, 1.165) is 38.9 Å². The molecule has 0 saturated carbocycles. The van der Waals surface area contributed by atoms with E-state index in [1.165, 1.54) is 0 Å². The Morgan fingerprint density at radius 1 is 1.46 bits per heavy atom. The molecule has 0 spiro atoms. The Morgan fingerprint density at radius 3 is 2.77 bits per heavy atom. The number of hydrogen-bond acceptors (Lipinski definition) is 3. The Kier molecular flexibility index (Phi) is 9.42. The van der Waals surface area contributed by atoms with Crippen molar-refractivity contribution in [3.63, 3.8) is 0 Å². The largest absolute Gasteiger partial charge is 0.381 e. The lowest BCUT2D eigenvalue weighted by Gasteiger charge is -2.14. The molecular formula is C10H22N2O. The fraction of sp³-hybridized carbons (Fsp3) is 0.800. The third-order valence-electron chi connectivity index (χ3n) is 1.91. The van der Waals surface area contributed by atoms with Gasteiger partial charge in [-0.05, 0) is 25.7 Å². The molecule has 0 aliphatic rings. The first-order valence-electron chi connectivity index (χ1n) is 4.99. The minimum atomic E-state index is 0.356. The number of hydrazine groups is 1. The second-order valence-electron chi connectivity index (χ2n) is 3.13. The minimum Gasteiger partial charge on any atom is -0.381 e. The molecule has 1 atom stereocenters. The van der Waals surface area contributed by atoms with Crippen LogP contribution in [-0.4, -0.2) is 19.3 Å². The summed E-state index contributed by atoms with van der Waals surface area (Å²) in [6.45, 7) is 7.42. The SMILES string of the molecule is C=CCCC(CCOCCC)NN. The maximum atomic E-state index is 5.39. The number of hydrogen-bond donors (Lipinski definition) is 2. The van der Waals surface area contributed by atoms with Crippen LogP contribution in [0.4, 0.5) is 0 Å². The molecule has 0 aromatic rings. The first-order chi connectivity index (χ1) is 6.35. The quantitative estimate of drug-likeness (QED) is 0.249. The molecule has 0 rings (SSSR count). The molecule has 3 heteroatoms. The van der Waals surface area contributed by atoms with E-state index >= 15 is 0 Å². The van der Waals surface area contributed by atoms with Crippen LogP contribution in [0, 0.1) is 0 Å². The molecule has 0 heterocycles. The van der Waals surface area contributed by atoms with Crippen molar-refractivity contribution < 1.29 is 4.74 Å². The molecular weight excluding hydrogens is 164 g/mol. The topological polar surface area (TPSA) is 47.3 Å². The van der Waals surface area contributed by atoms with Crippen molar-refractivity contribution in [2.45, 2.75) is 38.6 Å². The minimum absolute atomic E-state index is 0.356. The summed E-state index contributed by atoms with van der Waals surface area (Å²) in [5.41, 5.74) is 2.79. The molecule has 0 amide bonds. The van der Waals surface area contributed by atoms with Crippen LogP contribution in [-0.2, 0) is 4.74 Å². The van der Waals surface area contributed by atoms with E-state index in [9.17, 15) is 0 Å². The van der Waals surface area contributed by atoms with E-state index in [0.29, 0.717) is 6.04 Å². The van der Waals surface area contributed by atoms with Gasteiger partial charge in [-0.3, -0.25) is 11.3 Å². The van der Waals surface area contributed by atoms with Crippen molar-refractivity contribution in [3.05, 3.63) is 12.7 Å². The van der Waals surface area contributed by atoms with Crippen LogP contribution in [0.3, 0.4) is 0 Å². The van der Waals surface area contributed by atoms with Crippen molar-refractivity contribution >= 4 is 0 Å². The Labute approximate surface area is 81.3 Å². The summed E-state index contributed by atoms with van der Waals surface area (Å²) in [6, 6.07) is 0.356. The summed E-state index contributed by atoms with van der Waals surface area (Å²) < 4.78 is 5.37. The Morgan fingerprint density at radius 2 is 2.23 bits per heavy atom. The van der Waals surface area contributed by atoms with Gasteiger partial charge < -0.3 is 4.74 Å². The molecule has 3 nitrogen and oxygen atoms in total. The first-order valence-corrected chi connectivity index (χ1v) is 4.99. The maximum absolute atomic E-state index is 5.39. The van der Waals surface area contributed by atoms with Crippen LogP contribution in [0.25, 0.3) is 0 Å². The summed E-state index contributed by atoms with van der Waals surface area (Å²) in [4.78, 5) is 0. The second-order valence-corrected chi connectivity index (χ2v) is 3.13. The highest BCUT2D eigenvalue weighted by Gasteiger charge is 2.04. The molecule has 0 bridgehead atoms. The molecule has 0 radical (unpaired) electrons. The van der Waals surface area contributed by atoms with Crippen LogP contribution < -0.4 is 11.3 Å². The normalized spacial score (nSPS) is 12.8. The first kappa shape index (κ1) is 12.6. The van der Waals surface area contributed by atoms with Crippen molar-refractivity contribution in [2.75, 3.05) is 13.2 Å². The van der Waals surface area contributed by atoms with Crippen LogP contribution in [0.2, 0.25) is 0 Å². The predicted octanol–water partition coefficient (Wildman–Crippen LogP) is 1.60. The number of allylic oxidation sites excluding steroid dienone is 1. The number of rotatable bonds is 9. The van der Waals surface area contributed by atoms with Gasteiger partial charge in [0.2, 0.25) is 0 Å². The number of ether oxygens (including phenoxy) is 1. The molecule has 1 unspecified atom stereocenters. The zero-order valence-electron chi connectivity index (χ0n) is 8.59. The van der Waals surface area contributed by atoms with E-state index in [-0.39, 0.29) is 0 Å². The number of nitrogens with one attached hydrogen (secondary N) is 1. The standard InChI is InChI=1S/C10H22N2O/c1-3-5-6-10(12-11)7-9-13-8-4-2/h3,10,12H,1,4-9,11H2,2H3. The predicted molar refractivity (Wildman–Crippen MR) is 56.3 cm³/mol. The van der Waals surface area contributed by atoms with E-state index < -0.39 is 0 Å². The average Bonchev–Trinajstić information content (AvgIpc) is 2.17. The van der Waals surface area contributed by atoms with Crippen molar-refractivity contribution in [2.24, 2.45) is 5.84 Å². The molecule has 78 valence electrons. The van der Waals surface area contributed by atoms with Gasteiger partial charge in [0.05, 0.1) is 0 Å². The van der Waals surface area contributed by atoms with Gasteiger partial charge >= 0.3 is 0 Å². The Hall–Kier alpha value is -0.380. The van der Waals surface area contributed by atoms with Crippen LogP contribution in [0.5, 0.6) is 0 Å².